The molecule has 0 unspecified atom stereocenters. The summed E-state index contributed by atoms with van der Waals surface area (Å²) < 4.78 is 27.9. The summed E-state index contributed by atoms with van der Waals surface area (Å²) in [6.07, 6.45) is 0.898. The summed E-state index contributed by atoms with van der Waals surface area (Å²) in [5.41, 5.74) is -0.301. The van der Waals surface area contributed by atoms with Gasteiger partial charge in [-0.25, -0.2) is 8.78 Å². The van der Waals surface area contributed by atoms with Crippen LogP contribution in [0.2, 0.25) is 0 Å². The molecule has 1 heterocycles. The van der Waals surface area contributed by atoms with Gasteiger partial charge in [-0.2, -0.15) is 0 Å². The highest BCUT2D eigenvalue weighted by atomic mass is 19.3. The number of halogens is 2. The van der Waals surface area contributed by atoms with Crippen molar-refractivity contribution >= 4 is 5.91 Å². The molecule has 2 aromatic carbocycles. The minimum Gasteiger partial charge on any atom is -0.375 e. The summed E-state index contributed by atoms with van der Waals surface area (Å²) >= 11 is 0. The van der Waals surface area contributed by atoms with Crippen LogP contribution in [-0.2, 0) is 16.9 Å². The highest BCUT2D eigenvalue weighted by Crippen LogP contribution is 2.47. The number of nitrogens with zero attached hydrogens (tertiary/aromatic N) is 1. The molecule has 1 saturated carbocycles. The third-order valence-corrected chi connectivity index (χ3v) is 6.73. The molecule has 1 saturated heterocycles. The van der Waals surface area contributed by atoms with Crippen molar-refractivity contribution in [1.29, 1.82) is 0 Å². The summed E-state index contributed by atoms with van der Waals surface area (Å²) in [4.78, 5) is 15.6. The molecule has 2 fully saturated rings. The van der Waals surface area contributed by atoms with Crippen LogP contribution in [-0.4, -0.2) is 41.0 Å². The average Bonchev–Trinajstić information content (AvgIpc) is 3.16. The number of carbonyl (C=O) groups excluding carboxylic acids is 1. The Bertz CT molecular complexity index is 870. The maximum atomic E-state index is 13.9. The molecule has 6 heteroatoms. The van der Waals surface area contributed by atoms with Crippen molar-refractivity contribution < 1.29 is 18.7 Å². The van der Waals surface area contributed by atoms with Crippen molar-refractivity contribution in [2.75, 3.05) is 13.1 Å². The monoisotopic (exact) mass is 428 g/mol. The number of alkyl halides is 2. The lowest BCUT2D eigenvalue weighted by molar-refractivity contribution is -0.149. The number of hydrogen-bond donors (Lipinski definition) is 2. The van der Waals surface area contributed by atoms with Crippen molar-refractivity contribution in [1.82, 2.24) is 10.2 Å². The van der Waals surface area contributed by atoms with Crippen molar-refractivity contribution in [3.05, 3.63) is 71.8 Å². The van der Waals surface area contributed by atoms with E-state index in [2.05, 4.69) is 22.3 Å². The maximum Gasteiger partial charge on any atom is 0.257 e. The van der Waals surface area contributed by atoms with E-state index >= 15 is 0 Å². The van der Waals surface area contributed by atoms with Crippen molar-refractivity contribution in [3.63, 3.8) is 0 Å². The van der Waals surface area contributed by atoms with E-state index in [1.54, 1.807) is 30.3 Å². The van der Waals surface area contributed by atoms with Gasteiger partial charge >= 0.3 is 0 Å². The van der Waals surface area contributed by atoms with Gasteiger partial charge in [-0.1, -0.05) is 60.7 Å². The number of benzene rings is 2. The first kappa shape index (κ1) is 21.9. The summed E-state index contributed by atoms with van der Waals surface area (Å²) in [5, 5.41) is 14.5. The number of amides is 1. The van der Waals surface area contributed by atoms with E-state index in [-0.39, 0.29) is 18.9 Å². The van der Waals surface area contributed by atoms with Gasteiger partial charge < -0.3 is 10.4 Å². The molecule has 0 bridgehead atoms. The first-order valence-electron chi connectivity index (χ1n) is 11.1. The fraction of sp³-hybridized carbons (Fsp3) is 0.480. The van der Waals surface area contributed by atoms with E-state index in [9.17, 15) is 18.7 Å². The molecule has 2 aliphatic rings. The van der Waals surface area contributed by atoms with E-state index in [1.165, 1.54) is 5.56 Å². The van der Waals surface area contributed by atoms with E-state index < -0.39 is 29.8 Å². The molecule has 2 atom stereocenters. The molecule has 2 aromatic rings. The van der Waals surface area contributed by atoms with Gasteiger partial charge in [0.25, 0.3) is 5.91 Å². The number of aliphatic hydroxyl groups is 1. The van der Waals surface area contributed by atoms with Crippen molar-refractivity contribution in [2.45, 2.75) is 56.2 Å². The molecule has 166 valence electrons. The van der Waals surface area contributed by atoms with E-state index in [0.29, 0.717) is 5.56 Å². The van der Waals surface area contributed by atoms with Crippen LogP contribution >= 0.6 is 0 Å². The van der Waals surface area contributed by atoms with Crippen LogP contribution in [0.1, 0.15) is 43.2 Å². The lowest BCUT2D eigenvalue weighted by Crippen LogP contribution is -2.54. The van der Waals surface area contributed by atoms with Gasteiger partial charge in [0.2, 0.25) is 5.92 Å². The van der Waals surface area contributed by atoms with Gasteiger partial charge in [0.1, 0.15) is 0 Å². The fourth-order valence-corrected chi connectivity index (χ4v) is 4.92. The summed E-state index contributed by atoms with van der Waals surface area (Å²) in [5.74, 6) is -4.19. The molecular weight excluding hydrogens is 398 g/mol. The topological polar surface area (TPSA) is 52.6 Å². The van der Waals surface area contributed by atoms with E-state index in [0.717, 1.165) is 32.5 Å². The van der Waals surface area contributed by atoms with Gasteiger partial charge in [-0.15, -0.1) is 0 Å². The minimum absolute atomic E-state index is 0.0725. The Kier molecular flexibility index (Phi) is 6.39. The van der Waals surface area contributed by atoms with Crippen LogP contribution in [0.15, 0.2) is 60.7 Å². The highest BCUT2D eigenvalue weighted by Gasteiger charge is 2.53. The third kappa shape index (κ3) is 4.96. The normalized spacial score (nSPS) is 23.9. The molecule has 0 radical (unpaired) electrons. The van der Waals surface area contributed by atoms with Gasteiger partial charge in [-0.3, -0.25) is 9.69 Å². The van der Waals surface area contributed by atoms with Crippen molar-refractivity contribution in [2.24, 2.45) is 5.92 Å². The van der Waals surface area contributed by atoms with Crippen LogP contribution in [0, 0.1) is 5.92 Å². The first-order valence-corrected chi connectivity index (χ1v) is 11.1. The Morgan fingerprint density at radius 3 is 2.23 bits per heavy atom. The Balaban J connectivity index is 1.41. The smallest absolute Gasteiger partial charge is 0.257 e. The predicted octanol–water partition coefficient (Wildman–Crippen LogP) is 4.09. The zero-order valence-electron chi connectivity index (χ0n) is 17.6. The van der Waals surface area contributed by atoms with Crippen LogP contribution in [0.4, 0.5) is 8.78 Å². The number of rotatable bonds is 6. The average molecular weight is 429 g/mol. The lowest BCUT2D eigenvalue weighted by Gasteiger charge is -2.37. The Labute approximate surface area is 182 Å². The SMILES string of the molecule is O=C(NC1CCN(Cc2ccccc2)CC1)[C@](O)(c1ccccc1)[C@@H]1CCC(F)(F)C1. The number of likely N-dealkylation sites (tertiary alicyclic amines) is 1. The number of carbonyl (C=O) groups is 1. The van der Waals surface area contributed by atoms with Gasteiger partial charge in [0.05, 0.1) is 0 Å². The number of nitrogens with one attached hydrogen (secondary N) is 1. The molecule has 4 rings (SSSR count). The quantitative estimate of drug-likeness (QED) is 0.729. The Morgan fingerprint density at radius 1 is 1.03 bits per heavy atom. The fourth-order valence-electron chi connectivity index (χ4n) is 4.92. The third-order valence-electron chi connectivity index (χ3n) is 6.73. The highest BCUT2D eigenvalue weighted by molar-refractivity contribution is 5.87. The second-order valence-corrected chi connectivity index (χ2v) is 8.94. The van der Waals surface area contributed by atoms with Crippen LogP contribution in [0.25, 0.3) is 0 Å². The predicted molar refractivity (Wildman–Crippen MR) is 116 cm³/mol. The van der Waals surface area contributed by atoms with E-state index in [4.69, 9.17) is 0 Å². The number of hydrogen-bond acceptors (Lipinski definition) is 3. The zero-order valence-corrected chi connectivity index (χ0v) is 17.6. The molecule has 4 nitrogen and oxygen atoms in total. The molecule has 1 aliphatic heterocycles. The second kappa shape index (κ2) is 9.05. The molecule has 1 amide bonds. The minimum atomic E-state index is -2.84. The van der Waals surface area contributed by atoms with Crippen LogP contribution in [0.3, 0.4) is 0 Å². The Morgan fingerprint density at radius 2 is 1.65 bits per heavy atom. The van der Waals surface area contributed by atoms with Gasteiger partial charge in [0, 0.05) is 44.4 Å². The molecule has 2 N–H and O–H groups in total. The summed E-state index contributed by atoms with van der Waals surface area (Å²) in [6.45, 7) is 2.54. The van der Waals surface area contributed by atoms with Crippen LogP contribution < -0.4 is 5.32 Å². The molecule has 31 heavy (non-hydrogen) atoms. The van der Waals surface area contributed by atoms with Gasteiger partial charge in [-0.05, 0) is 30.4 Å². The Hall–Kier alpha value is -2.31. The second-order valence-electron chi connectivity index (χ2n) is 8.94. The van der Waals surface area contributed by atoms with Crippen molar-refractivity contribution in [3.8, 4) is 0 Å². The van der Waals surface area contributed by atoms with Gasteiger partial charge in [0.15, 0.2) is 5.60 Å². The molecule has 1 aliphatic carbocycles. The number of piperidine rings is 1. The maximum absolute atomic E-state index is 13.9. The lowest BCUT2D eigenvalue weighted by atomic mass is 9.79. The summed E-state index contributed by atoms with van der Waals surface area (Å²) in [7, 11) is 0. The van der Waals surface area contributed by atoms with E-state index in [1.807, 2.05) is 18.2 Å². The van der Waals surface area contributed by atoms with Crippen LogP contribution in [0.5, 0.6) is 0 Å². The zero-order chi connectivity index (χ0) is 21.9. The molecule has 0 spiro atoms. The molecular formula is C25H30F2N2O2. The molecule has 0 aromatic heterocycles. The summed E-state index contributed by atoms with van der Waals surface area (Å²) in [6, 6.07) is 18.7. The standard InChI is InChI=1S/C25H30F2N2O2/c26-24(27)14-11-21(17-24)25(31,20-9-5-2-6-10-20)23(30)28-22-12-15-29(16-13-22)18-19-7-3-1-4-8-19/h1-10,21-22,31H,11-18H2,(H,28,30)/t21-,25+/m1/s1. The first-order chi connectivity index (χ1) is 14.9. The largest absolute Gasteiger partial charge is 0.375 e.